The molecule has 2 aromatic carbocycles. The first kappa shape index (κ1) is 13.1. The predicted octanol–water partition coefficient (Wildman–Crippen LogP) is 4.26. The van der Waals surface area contributed by atoms with Crippen LogP contribution in [0.4, 0.5) is 10.1 Å². The minimum absolute atomic E-state index is 0.242. The smallest absolute Gasteiger partial charge is 0.219 e. The van der Waals surface area contributed by atoms with Crippen LogP contribution in [-0.4, -0.2) is 4.98 Å². The van der Waals surface area contributed by atoms with Gasteiger partial charge in [-0.1, -0.05) is 24.3 Å². The van der Waals surface area contributed by atoms with Crippen molar-refractivity contribution < 1.29 is 9.13 Å². The first-order valence-electron chi connectivity index (χ1n) is 6.46. The fraction of sp³-hybridized carbons (Fsp3) is 0. The van der Waals surface area contributed by atoms with Crippen molar-refractivity contribution in [3.05, 3.63) is 72.7 Å². The van der Waals surface area contributed by atoms with E-state index in [0.717, 1.165) is 11.1 Å². The van der Waals surface area contributed by atoms with E-state index in [1.54, 1.807) is 30.5 Å². The summed E-state index contributed by atoms with van der Waals surface area (Å²) >= 11 is 0. The first-order chi connectivity index (χ1) is 10.2. The molecule has 1 aromatic heterocycles. The van der Waals surface area contributed by atoms with Gasteiger partial charge in [0.05, 0.1) is 11.9 Å². The summed E-state index contributed by atoms with van der Waals surface area (Å²) in [6.45, 7) is 0. The Labute approximate surface area is 121 Å². The zero-order chi connectivity index (χ0) is 14.7. The number of aromatic nitrogens is 1. The van der Waals surface area contributed by atoms with Gasteiger partial charge < -0.3 is 10.5 Å². The van der Waals surface area contributed by atoms with Crippen molar-refractivity contribution in [3.63, 3.8) is 0 Å². The van der Waals surface area contributed by atoms with Gasteiger partial charge >= 0.3 is 0 Å². The molecule has 2 N–H and O–H groups in total. The molecule has 104 valence electrons. The highest BCUT2D eigenvalue weighted by molar-refractivity contribution is 5.64. The number of halogens is 1. The second-order valence-corrected chi connectivity index (χ2v) is 4.56. The van der Waals surface area contributed by atoms with Gasteiger partial charge in [-0.05, 0) is 41.5 Å². The number of nitrogens with zero attached hydrogens (tertiary/aromatic N) is 1. The lowest BCUT2D eigenvalue weighted by molar-refractivity contribution is 0.463. The van der Waals surface area contributed by atoms with Crippen LogP contribution in [0.3, 0.4) is 0 Å². The quantitative estimate of drug-likeness (QED) is 0.779. The van der Waals surface area contributed by atoms with Gasteiger partial charge in [0.25, 0.3) is 0 Å². The average molecular weight is 280 g/mol. The molecule has 1 heterocycles. The van der Waals surface area contributed by atoms with Crippen LogP contribution in [0.15, 0.2) is 66.9 Å². The summed E-state index contributed by atoms with van der Waals surface area (Å²) in [4.78, 5) is 4.07. The van der Waals surface area contributed by atoms with Gasteiger partial charge in [0.2, 0.25) is 5.88 Å². The second kappa shape index (κ2) is 5.63. The normalized spacial score (nSPS) is 10.3. The summed E-state index contributed by atoms with van der Waals surface area (Å²) in [6.07, 6.45) is 1.54. The number of benzene rings is 2. The molecule has 0 atom stereocenters. The molecule has 0 amide bonds. The van der Waals surface area contributed by atoms with Crippen molar-refractivity contribution in [1.29, 1.82) is 0 Å². The van der Waals surface area contributed by atoms with Gasteiger partial charge in [-0.25, -0.2) is 9.37 Å². The van der Waals surface area contributed by atoms with Crippen molar-refractivity contribution >= 4 is 5.69 Å². The van der Waals surface area contributed by atoms with Crippen molar-refractivity contribution in [2.24, 2.45) is 0 Å². The zero-order valence-electron chi connectivity index (χ0n) is 11.2. The molecule has 0 spiro atoms. The van der Waals surface area contributed by atoms with Crippen molar-refractivity contribution in [3.8, 4) is 22.8 Å². The summed E-state index contributed by atoms with van der Waals surface area (Å²) in [5.74, 6) is 0.921. The SMILES string of the molecule is Nc1ccc(Oc2ccc(-c3ccc(F)cc3)cc2)nc1. The van der Waals surface area contributed by atoms with Crippen LogP contribution < -0.4 is 10.5 Å². The Hall–Kier alpha value is -2.88. The van der Waals surface area contributed by atoms with Gasteiger partial charge in [0.15, 0.2) is 0 Å². The number of nitrogens with two attached hydrogens (primary N) is 1. The molecule has 0 aliphatic heterocycles. The summed E-state index contributed by atoms with van der Waals surface area (Å²) in [6, 6.07) is 17.3. The standard InChI is InChI=1S/C17H13FN2O/c18-14-5-1-12(2-6-14)13-3-8-16(9-4-13)21-17-10-7-15(19)11-20-17/h1-11H,19H2. The van der Waals surface area contributed by atoms with E-state index in [1.165, 1.54) is 12.1 Å². The zero-order valence-corrected chi connectivity index (χ0v) is 11.2. The van der Waals surface area contributed by atoms with Gasteiger partial charge in [-0.2, -0.15) is 0 Å². The summed E-state index contributed by atoms with van der Waals surface area (Å²) in [5, 5.41) is 0. The second-order valence-electron chi connectivity index (χ2n) is 4.56. The van der Waals surface area contributed by atoms with Crippen molar-refractivity contribution in [2.45, 2.75) is 0 Å². The summed E-state index contributed by atoms with van der Waals surface area (Å²) in [5.41, 5.74) is 8.11. The third-order valence-electron chi connectivity index (χ3n) is 3.01. The molecule has 0 aliphatic rings. The third-order valence-corrected chi connectivity index (χ3v) is 3.01. The molecule has 0 unspecified atom stereocenters. The van der Waals surface area contributed by atoms with E-state index in [-0.39, 0.29) is 5.82 Å². The maximum atomic E-state index is 12.9. The molecule has 3 aromatic rings. The Morgan fingerprint density at radius 3 is 2.00 bits per heavy atom. The van der Waals surface area contributed by atoms with Crippen LogP contribution in [0.2, 0.25) is 0 Å². The Morgan fingerprint density at radius 1 is 0.810 bits per heavy atom. The molecular formula is C17H13FN2O. The third kappa shape index (κ3) is 3.17. The Morgan fingerprint density at radius 2 is 1.43 bits per heavy atom. The van der Waals surface area contributed by atoms with Crippen LogP contribution in [0.25, 0.3) is 11.1 Å². The molecule has 0 bridgehead atoms. The fourth-order valence-electron chi connectivity index (χ4n) is 1.93. The van der Waals surface area contributed by atoms with Crippen molar-refractivity contribution in [2.75, 3.05) is 5.73 Å². The Balaban J connectivity index is 1.77. The number of rotatable bonds is 3. The van der Waals surface area contributed by atoms with E-state index in [1.807, 2.05) is 24.3 Å². The number of pyridine rings is 1. The molecule has 3 nitrogen and oxygen atoms in total. The van der Waals surface area contributed by atoms with Gasteiger partial charge in [0.1, 0.15) is 11.6 Å². The van der Waals surface area contributed by atoms with E-state index >= 15 is 0 Å². The lowest BCUT2D eigenvalue weighted by atomic mass is 10.1. The first-order valence-corrected chi connectivity index (χ1v) is 6.46. The van der Waals surface area contributed by atoms with Crippen LogP contribution >= 0.6 is 0 Å². The van der Waals surface area contributed by atoms with Gasteiger partial charge in [0, 0.05) is 6.07 Å². The number of nitrogen functional groups attached to an aromatic ring is 1. The Bertz CT molecular complexity index is 722. The average Bonchev–Trinajstić information content (AvgIpc) is 2.51. The van der Waals surface area contributed by atoms with Gasteiger partial charge in [-0.3, -0.25) is 0 Å². The highest BCUT2D eigenvalue weighted by atomic mass is 19.1. The molecule has 0 aliphatic carbocycles. The molecular weight excluding hydrogens is 267 g/mol. The van der Waals surface area contributed by atoms with E-state index in [9.17, 15) is 4.39 Å². The highest BCUT2D eigenvalue weighted by Gasteiger charge is 2.01. The number of ether oxygens (including phenoxy) is 1. The molecule has 0 saturated heterocycles. The molecule has 3 rings (SSSR count). The van der Waals surface area contributed by atoms with Crippen LogP contribution in [-0.2, 0) is 0 Å². The van der Waals surface area contributed by atoms with Crippen LogP contribution in [0, 0.1) is 5.82 Å². The Kier molecular flexibility index (Phi) is 3.51. The molecule has 4 heteroatoms. The fourth-order valence-corrected chi connectivity index (χ4v) is 1.93. The minimum atomic E-state index is -0.242. The lowest BCUT2D eigenvalue weighted by Crippen LogP contribution is -1.90. The molecule has 0 saturated carbocycles. The number of anilines is 1. The lowest BCUT2D eigenvalue weighted by Gasteiger charge is -2.06. The maximum Gasteiger partial charge on any atom is 0.219 e. The number of hydrogen-bond acceptors (Lipinski definition) is 3. The monoisotopic (exact) mass is 280 g/mol. The predicted molar refractivity (Wildman–Crippen MR) is 80.6 cm³/mol. The van der Waals surface area contributed by atoms with Gasteiger partial charge in [-0.15, -0.1) is 0 Å². The summed E-state index contributed by atoms with van der Waals surface area (Å²) < 4.78 is 18.5. The summed E-state index contributed by atoms with van der Waals surface area (Å²) in [7, 11) is 0. The van der Waals surface area contributed by atoms with E-state index < -0.39 is 0 Å². The van der Waals surface area contributed by atoms with Crippen LogP contribution in [0.1, 0.15) is 0 Å². The topological polar surface area (TPSA) is 48.1 Å². The van der Waals surface area contributed by atoms with Crippen molar-refractivity contribution in [1.82, 2.24) is 4.98 Å². The van der Waals surface area contributed by atoms with Crippen LogP contribution in [0.5, 0.6) is 11.6 Å². The maximum absolute atomic E-state index is 12.9. The molecule has 0 fully saturated rings. The van der Waals surface area contributed by atoms with E-state index in [4.69, 9.17) is 10.5 Å². The molecule has 0 radical (unpaired) electrons. The highest BCUT2D eigenvalue weighted by Crippen LogP contribution is 2.25. The van der Waals surface area contributed by atoms with E-state index in [0.29, 0.717) is 17.3 Å². The largest absolute Gasteiger partial charge is 0.439 e. The van der Waals surface area contributed by atoms with E-state index in [2.05, 4.69) is 4.98 Å². The minimum Gasteiger partial charge on any atom is -0.439 e. The number of hydrogen-bond donors (Lipinski definition) is 1. The molecule has 21 heavy (non-hydrogen) atoms.